The SMILES string of the molecule is C=C(F)C(=O)N1CC[C@@H]2[C@H]1CN2c1nc(OCC23CCCN2C[C@H](F)C3)nc2cc(-c3cncc4cccc(Cl)c34)ccc12. The number of carbonyl (C=O) groups is 1. The monoisotopic (exact) mass is 616 g/mol. The van der Waals surface area contributed by atoms with Gasteiger partial charge in [-0.15, -0.1) is 0 Å². The van der Waals surface area contributed by atoms with Crippen molar-refractivity contribution in [1.29, 1.82) is 0 Å². The summed E-state index contributed by atoms with van der Waals surface area (Å²) in [5.41, 5.74) is 2.14. The average Bonchev–Trinajstić information content (AvgIpc) is 3.64. The van der Waals surface area contributed by atoms with Crippen LogP contribution in [0.3, 0.4) is 0 Å². The number of aromatic nitrogens is 3. The van der Waals surface area contributed by atoms with Crippen molar-refractivity contribution in [2.75, 3.05) is 37.7 Å². The number of rotatable bonds is 6. The molecule has 44 heavy (non-hydrogen) atoms. The third-order valence-corrected chi connectivity index (χ3v) is 10.3. The molecule has 6 heterocycles. The summed E-state index contributed by atoms with van der Waals surface area (Å²) in [6.45, 7) is 5.80. The number of likely N-dealkylation sites (tertiary alicyclic amines) is 1. The molecule has 1 unspecified atom stereocenters. The van der Waals surface area contributed by atoms with Crippen LogP contribution in [0.4, 0.5) is 14.6 Å². The van der Waals surface area contributed by atoms with Gasteiger partial charge in [-0.25, -0.2) is 8.78 Å². The molecule has 8 nitrogen and oxygen atoms in total. The number of amides is 1. The van der Waals surface area contributed by atoms with Gasteiger partial charge in [0.25, 0.3) is 5.91 Å². The van der Waals surface area contributed by atoms with Gasteiger partial charge in [-0.3, -0.25) is 14.7 Å². The summed E-state index contributed by atoms with van der Waals surface area (Å²) in [6.07, 6.45) is 5.78. The Bertz CT molecular complexity index is 1830. The normalized spacial score (nSPS) is 26.2. The van der Waals surface area contributed by atoms with Crippen LogP contribution in [0.15, 0.2) is 61.2 Å². The number of pyridine rings is 1. The predicted octanol–water partition coefficient (Wildman–Crippen LogP) is 5.73. The smallest absolute Gasteiger partial charge is 0.319 e. The van der Waals surface area contributed by atoms with Gasteiger partial charge >= 0.3 is 6.01 Å². The van der Waals surface area contributed by atoms with Crippen molar-refractivity contribution in [2.45, 2.75) is 49.5 Å². The molecule has 0 N–H and O–H groups in total. The molecule has 4 fully saturated rings. The second-order valence-corrected chi connectivity index (χ2v) is 12.8. The van der Waals surface area contributed by atoms with E-state index in [9.17, 15) is 13.6 Å². The summed E-state index contributed by atoms with van der Waals surface area (Å²) < 4.78 is 34.5. The fourth-order valence-corrected chi connectivity index (χ4v) is 8.15. The van der Waals surface area contributed by atoms with E-state index in [1.54, 1.807) is 17.3 Å². The zero-order valence-corrected chi connectivity index (χ0v) is 24.8. The molecule has 4 atom stereocenters. The Morgan fingerprint density at radius 3 is 2.89 bits per heavy atom. The highest BCUT2D eigenvalue weighted by Gasteiger charge is 2.51. The second kappa shape index (κ2) is 10.3. The van der Waals surface area contributed by atoms with Crippen LogP contribution in [-0.2, 0) is 4.79 Å². The Hall–Kier alpha value is -3.89. The van der Waals surface area contributed by atoms with E-state index in [1.807, 2.05) is 36.4 Å². The largest absolute Gasteiger partial charge is 0.461 e. The zero-order chi connectivity index (χ0) is 30.2. The van der Waals surface area contributed by atoms with Gasteiger partial charge in [-0.05, 0) is 49.6 Å². The number of carbonyl (C=O) groups excluding carboxylic acids is 1. The molecule has 0 radical (unpaired) electrons. The lowest BCUT2D eigenvalue weighted by molar-refractivity contribution is -0.130. The quantitative estimate of drug-likeness (QED) is 0.256. The van der Waals surface area contributed by atoms with Gasteiger partial charge in [0.2, 0.25) is 0 Å². The van der Waals surface area contributed by atoms with E-state index in [4.69, 9.17) is 26.3 Å². The van der Waals surface area contributed by atoms with Gasteiger partial charge in [0.1, 0.15) is 18.6 Å². The first-order valence-electron chi connectivity index (χ1n) is 15.1. The van der Waals surface area contributed by atoms with Crippen molar-refractivity contribution in [2.24, 2.45) is 0 Å². The first-order valence-corrected chi connectivity index (χ1v) is 15.5. The highest BCUT2D eigenvalue weighted by atomic mass is 35.5. The number of hydrogen-bond donors (Lipinski definition) is 0. The molecule has 2 aromatic carbocycles. The van der Waals surface area contributed by atoms with Gasteiger partial charge in [-0.2, -0.15) is 9.97 Å². The Balaban J connectivity index is 1.19. The van der Waals surface area contributed by atoms with E-state index in [2.05, 4.69) is 21.4 Å². The van der Waals surface area contributed by atoms with Crippen LogP contribution < -0.4 is 9.64 Å². The number of hydrogen-bond acceptors (Lipinski definition) is 7. The van der Waals surface area contributed by atoms with Crippen molar-refractivity contribution in [1.82, 2.24) is 24.8 Å². The van der Waals surface area contributed by atoms with Gasteiger partial charge < -0.3 is 14.5 Å². The highest BCUT2D eigenvalue weighted by molar-refractivity contribution is 6.36. The molecule has 11 heteroatoms. The molecule has 4 aliphatic rings. The van der Waals surface area contributed by atoms with Gasteiger partial charge in [-0.1, -0.05) is 36.4 Å². The number of halogens is 3. The Kier molecular flexibility index (Phi) is 6.50. The zero-order valence-electron chi connectivity index (χ0n) is 24.1. The van der Waals surface area contributed by atoms with Crippen molar-refractivity contribution < 1.29 is 18.3 Å². The van der Waals surface area contributed by atoms with Gasteiger partial charge in [0.05, 0.1) is 23.1 Å². The maximum absolute atomic E-state index is 14.4. The second-order valence-electron chi connectivity index (χ2n) is 12.4. The number of fused-ring (bicyclic) bond motifs is 4. The van der Waals surface area contributed by atoms with Crippen LogP contribution in [0.25, 0.3) is 32.8 Å². The highest BCUT2D eigenvalue weighted by Crippen LogP contribution is 2.43. The van der Waals surface area contributed by atoms with E-state index in [0.29, 0.717) is 55.4 Å². The summed E-state index contributed by atoms with van der Waals surface area (Å²) >= 11 is 6.64. The molecule has 226 valence electrons. The van der Waals surface area contributed by atoms with Crippen LogP contribution in [0, 0.1) is 0 Å². The van der Waals surface area contributed by atoms with Gasteiger partial charge in [0, 0.05) is 65.2 Å². The number of ether oxygens (including phenoxy) is 1. The maximum Gasteiger partial charge on any atom is 0.319 e. The Morgan fingerprint density at radius 1 is 1.14 bits per heavy atom. The number of nitrogens with zero attached hydrogens (tertiary/aromatic N) is 6. The molecule has 0 bridgehead atoms. The van der Waals surface area contributed by atoms with E-state index < -0.39 is 17.9 Å². The molecular formula is C33H31ClF2N6O2. The third kappa shape index (κ3) is 4.33. The molecule has 1 amide bonds. The minimum absolute atomic E-state index is 0.00366. The molecule has 4 saturated heterocycles. The predicted molar refractivity (Wildman–Crippen MR) is 165 cm³/mol. The maximum atomic E-state index is 14.4. The summed E-state index contributed by atoms with van der Waals surface area (Å²) in [5, 5.41) is 3.32. The lowest BCUT2D eigenvalue weighted by Crippen LogP contribution is -2.63. The first-order chi connectivity index (χ1) is 21.3. The first kappa shape index (κ1) is 27.6. The molecule has 2 aromatic heterocycles. The molecule has 8 rings (SSSR count). The van der Waals surface area contributed by atoms with Crippen LogP contribution in [0.5, 0.6) is 6.01 Å². The molecular weight excluding hydrogens is 586 g/mol. The summed E-state index contributed by atoms with van der Waals surface area (Å²) in [5.74, 6) is -0.884. The lowest BCUT2D eigenvalue weighted by Gasteiger charge is -2.47. The van der Waals surface area contributed by atoms with E-state index in [-0.39, 0.29) is 23.6 Å². The lowest BCUT2D eigenvalue weighted by atomic mass is 9.95. The summed E-state index contributed by atoms with van der Waals surface area (Å²) in [6, 6.07) is 11.9. The van der Waals surface area contributed by atoms with Crippen molar-refractivity contribution >= 4 is 45.0 Å². The summed E-state index contributed by atoms with van der Waals surface area (Å²) in [7, 11) is 0. The van der Waals surface area contributed by atoms with Crippen molar-refractivity contribution in [3.8, 4) is 17.1 Å². The minimum atomic E-state index is -0.939. The Morgan fingerprint density at radius 2 is 2.02 bits per heavy atom. The van der Waals surface area contributed by atoms with E-state index in [0.717, 1.165) is 46.7 Å². The van der Waals surface area contributed by atoms with Crippen LogP contribution in [0.1, 0.15) is 25.7 Å². The van der Waals surface area contributed by atoms with Crippen LogP contribution in [-0.4, -0.2) is 87.2 Å². The molecule has 4 aromatic rings. The fourth-order valence-electron chi connectivity index (χ4n) is 7.87. The summed E-state index contributed by atoms with van der Waals surface area (Å²) in [4.78, 5) is 32.5. The van der Waals surface area contributed by atoms with Crippen molar-refractivity contribution in [3.05, 3.63) is 66.2 Å². The molecule has 4 aliphatic heterocycles. The van der Waals surface area contributed by atoms with E-state index >= 15 is 0 Å². The molecule has 0 aliphatic carbocycles. The number of anilines is 1. The molecule has 0 spiro atoms. The van der Waals surface area contributed by atoms with Crippen LogP contribution >= 0.6 is 11.6 Å². The average molecular weight is 617 g/mol. The third-order valence-electron chi connectivity index (χ3n) is 9.99. The fraction of sp³-hybridized carbons (Fsp3) is 0.394. The standard InChI is InChI=1S/C33H31ClF2N6O2/c1-19(35)31(43)41-11-8-27-28(41)17-42(27)30-23-7-6-20(24-15-37-14-21-4-2-5-25(34)29(21)24)12-26(23)38-32(39-30)44-18-33-9-3-10-40(33)16-22(36)13-33/h2,4-7,12,14-15,22,27-28H,1,3,8-11,13,16-18H2/t22-,27-,28-,33?/m1/s1. The van der Waals surface area contributed by atoms with E-state index in [1.165, 1.54) is 0 Å². The van der Waals surface area contributed by atoms with Gasteiger partial charge in [0.15, 0.2) is 5.83 Å². The number of benzene rings is 2. The molecule has 0 saturated carbocycles. The topological polar surface area (TPSA) is 74.7 Å². The number of alkyl halides is 1. The van der Waals surface area contributed by atoms with Crippen LogP contribution in [0.2, 0.25) is 5.02 Å². The minimum Gasteiger partial charge on any atom is -0.461 e. The van der Waals surface area contributed by atoms with Crippen molar-refractivity contribution in [3.63, 3.8) is 0 Å². The Labute approximate surface area is 258 Å².